The minimum atomic E-state index is -0.954. The average Bonchev–Trinajstić information content (AvgIpc) is 3.11. The molecule has 2 aliphatic carbocycles. The maximum atomic E-state index is 11.8. The summed E-state index contributed by atoms with van der Waals surface area (Å²) in [5.41, 5.74) is 4.91. The van der Waals surface area contributed by atoms with Crippen LogP contribution in [0.2, 0.25) is 0 Å². The number of aliphatic hydroxyl groups is 2. The molecule has 4 rings (SSSR count). The molecule has 2 fully saturated rings. The molecule has 0 aliphatic heterocycles. The highest BCUT2D eigenvalue weighted by molar-refractivity contribution is 5.87. The summed E-state index contributed by atoms with van der Waals surface area (Å²) in [7, 11) is 0. The van der Waals surface area contributed by atoms with Gasteiger partial charge in [-0.25, -0.2) is 9.59 Å². The van der Waals surface area contributed by atoms with Crippen LogP contribution >= 0.6 is 0 Å². The van der Waals surface area contributed by atoms with Crippen LogP contribution in [0.25, 0.3) is 0 Å². The summed E-state index contributed by atoms with van der Waals surface area (Å²) in [5, 5.41) is 21.0. The molecule has 0 aromatic heterocycles. The van der Waals surface area contributed by atoms with Crippen LogP contribution in [-0.2, 0) is 24.5 Å². The first-order valence-electron chi connectivity index (χ1n) is 17.9. The lowest BCUT2D eigenvalue weighted by Crippen LogP contribution is -2.26. The lowest BCUT2D eigenvalue weighted by Gasteiger charge is -2.32. The molecule has 8 heteroatoms. The molecule has 2 unspecified atom stereocenters. The van der Waals surface area contributed by atoms with Crippen molar-refractivity contribution in [2.45, 2.75) is 121 Å². The number of carbonyl (C=O) groups is 2. The van der Waals surface area contributed by atoms with Crippen molar-refractivity contribution in [2.24, 2.45) is 0 Å². The van der Waals surface area contributed by atoms with Crippen LogP contribution in [0.4, 0.5) is 0 Å². The third-order valence-electron chi connectivity index (χ3n) is 9.93. The molecule has 2 aromatic rings. The van der Waals surface area contributed by atoms with Crippen LogP contribution in [0.3, 0.4) is 0 Å². The summed E-state index contributed by atoms with van der Waals surface area (Å²) in [4.78, 5) is 23.5. The van der Waals surface area contributed by atoms with E-state index in [0.717, 1.165) is 48.3 Å². The Labute approximate surface area is 292 Å². The minimum absolute atomic E-state index is 0.0170. The van der Waals surface area contributed by atoms with Gasteiger partial charge in [0.25, 0.3) is 0 Å². The second kappa shape index (κ2) is 17.9. The van der Waals surface area contributed by atoms with Crippen molar-refractivity contribution in [3.63, 3.8) is 0 Å². The van der Waals surface area contributed by atoms with Gasteiger partial charge in [-0.2, -0.15) is 0 Å². The van der Waals surface area contributed by atoms with Gasteiger partial charge in [-0.15, -0.1) is 0 Å². The highest BCUT2D eigenvalue weighted by atomic mass is 16.6. The average molecular weight is 677 g/mol. The zero-order chi connectivity index (χ0) is 35.6. The predicted octanol–water partition coefficient (Wildman–Crippen LogP) is 7.83. The van der Waals surface area contributed by atoms with Crippen LogP contribution < -0.4 is 9.47 Å². The molecule has 49 heavy (non-hydrogen) atoms. The van der Waals surface area contributed by atoms with Gasteiger partial charge < -0.3 is 29.2 Å². The van der Waals surface area contributed by atoms with Gasteiger partial charge in [0.15, 0.2) is 0 Å². The lowest BCUT2D eigenvalue weighted by atomic mass is 9.74. The summed E-state index contributed by atoms with van der Waals surface area (Å²) >= 11 is 0. The molecule has 0 amide bonds. The topological polar surface area (TPSA) is 112 Å². The first-order valence-corrected chi connectivity index (χ1v) is 17.9. The number of ether oxygens (including phenoxy) is 4. The summed E-state index contributed by atoms with van der Waals surface area (Å²) in [5.74, 6) is 1.20. The van der Waals surface area contributed by atoms with Crippen LogP contribution in [0.5, 0.6) is 11.5 Å². The fourth-order valence-electron chi connectivity index (χ4n) is 6.83. The number of benzene rings is 2. The number of rotatable bonds is 16. The Morgan fingerprint density at radius 1 is 0.673 bits per heavy atom. The first-order chi connectivity index (χ1) is 23.4. The van der Waals surface area contributed by atoms with E-state index < -0.39 is 24.1 Å². The molecule has 0 heterocycles. The Hall–Kier alpha value is -3.62. The Morgan fingerprint density at radius 3 is 1.39 bits per heavy atom. The molecule has 0 radical (unpaired) electrons. The summed E-state index contributed by atoms with van der Waals surface area (Å²) in [6.45, 7) is 14.5. The van der Waals surface area contributed by atoms with E-state index in [1.807, 2.05) is 12.1 Å². The normalized spacial score (nSPS) is 17.1. The first kappa shape index (κ1) is 38.2. The zero-order valence-electron chi connectivity index (χ0n) is 29.9. The molecular formula is C41H56O8. The number of hydrogen-bond donors (Lipinski definition) is 2. The fraction of sp³-hybridized carbons (Fsp3) is 0.561. The zero-order valence-corrected chi connectivity index (χ0v) is 29.9. The van der Waals surface area contributed by atoms with E-state index in [2.05, 4.69) is 51.3 Å². The lowest BCUT2D eigenvalue weighted by molar-refractivity contribution is -0.143. The van der Waals surface area contributed by atoms with Crippen molar-refractivity contribution in [1.82, 2.24) is 0 Å². The maximum absolute atomic E-state index is 11.8. The quantitative estimate of drug-likeness (QED) is 0.137. The molecule has 268 valence electrons. The monoisotopic (exact) mass is 676 g/mol. The molecule has 2 N–H and O–H groups in total. The summed E-state index contributed by atoms with van der Waals surface area (Å²) in [6.07, 6.45) is 9.63. The standard InChI is InChI=1S/C41H56O8/c1-27(2)39(44)48-25-33(42)23-46-37-19-17-31(21-35(37)29-13-9-7-10-14-29)41(5,6)32-18-20-38(36(22-32)30-15-11-8-12-16-30)47-24-34(43)26-49-40(45)28(3)4/h17-22,29-30,33-34,42-43H,1,3,7-16,23-26H2,2,4-6H3. The van der Waals surface area contributed by atoms with Gasteiger partial charge in [0.2, 0.25) is 0 Å². The van der Waals surface area contributed by atoms with Crippen LogP contribution in [0, 0.1) is 0 Å². The van der Waals surface area contributed by atoms with E-state index in [0.29, 0.717) is 11.8 Å². The molecule has 8 nitrogen and oxygen atoms in total. The van der Waals surface area contributed by atoms with E-state index in [9.17, 15) is 19.8 Å². The van der Waals surface area contributed by atoms with E-state index in [1.165, 1.54) is 49.7 Å². The van der Waals surface area contributed by atoms with Gasteiger partial charge >= 0.3 is 11.9 Å². The van der Waals surface area contributed by atoms with Crippen LogP contribution in [0.1, 0.15) is 126 Å². The fourth-order valence-corrected chi connectivity index (χ4v) is 6.83. The van der Waals surface area contributed by atoms with Gasteiger partial charge in [0, 0.05) is 16.6 Å². The molecule has 2 saturated carbocycles. The third kappa shape index (κ3) is 10.7. The van der Waals surface area contributed by atoms with Crippen LogP contribution in [-0.4, -0.2) is 60.8 Å². The van der Waals surface area contributed by atoms with Crippen molar-refractivity contribution in [1.29, 1.82) is 0 Å². The van der Waals surface area contributed by atoms with Crippen molar-refractivity contribution >= 4 is 11.9 Å². The maximum Gasteiger partial charge on any atom is 0.333 e. The molecule has 0 bridgehead atoms. The summed E-state index contributed by atoms with van der Waals surface area (Å²) < 4.78 is 22.6. The second-order valence-corrected chi connectivity index (χ2v) is 14.5. The SMILES string of the molecule is C=C(C)C(=O)OCC(O)COc1ccc(C(C)(C)c2ccc(OCC(O)COC(=O)C(=C)C)c(C3CCCCC3)c2)cc1C1CCCCC1. The van der Waals surface area contributed by atoms with Crippen molar-refractivity contribution in [3.05, 3.63) is 83.0 Å². The largest absolute Gasteiger partial charge is 0.490 e. The number of hydrogen-bond acceptors (Lipinski definition) is 8. The van der Waals surface area contributed by atoms with Crippen LogP contribution in [0.15, 0.2) is 60.7 Å². The van der Waals surface area contributed by atoms with Crippen molar-refractivity contribution < 1.29 is 38.7 Å². The van der Waals surface area contributed by atoms with E-state index in [1.54, 1.807) is 13.8 Å². The van der Waals surface area contributed by atoms with Crippen molar-refractivity contribution in [2.75, 3.05) is 26.4 Å². The number of aliphatic hydroxyl groups excluding tert-OH is 2. The van der Waals surface area contributed by atoms with Gasteiger partial charge in [-0.1, -0.05) is 89.8 Å². The molecule has 2 atom stereocenters. The number of esters is 2. The van der Waals surface area contributed by atoms with Gasteiger partial charge in [-0.05, 0) is 85.8 Å². The highest BCUT2D eigenvalue weighted by Gasteiger charge is 2.30. The molecular weight excluding hydrogens is 620 g/mol. The summed E-state index contributed by atoms with van der Waals surface area (Å²) in [6, 6.07) is 12.8. The Balaban J connectivity index is 1.57. The van der Waals surface area contributed by atoms with Gasteiger partial charge in [0.1, 0.15) is 50.1 Å². The third-order valence-corrected chi connectivity index (χ3v) is 9.93. The minimum Gasteiger partial charge on any atom is -0.490 e. The highest BCUT2D eigenvalue weighted by Crippen LogP contribution is 2.44. The Morgan fingerprint density at radius 2 is 1.04 bits per heavy atom. The van der Waals surface area contributed by atoms with E-state index >= 15 is 0 Å². The van der Waals surface area contributed by atoms with Gasteiger partial charge in [0.05, 0.1) is 0 Å². The second-order valence-electron chi connectivity index (χ2n) is 14.5. The van der Waals surface area contributed by atoms with E-state index in [4.69, 9.17) is 18.9 Å². The van der Waals surface area contributed by atoms with E-state index in [-0.39, 0.29) is 43.0 Å². The molecule has 0 spiro atoms. The molecule has 2 aliphatic rings. The Bertz CT molecular complexity index is 1340. The smallest absolute Gasteiger partial charge is 0.333 e. The number of carbonyl (C=O) groups excluding carboxylic acids is 2. The molecule has 2 aromatic carbocycles. The van der Waals surface area contributed by atoms with Crippen molar-refractivity contribution in [3.8, 4) is 11.5 Å². The van der Waals surface area contributed by atoms with Gasteiger partial charge in [-0.3, -0.25) is 0 Å². The predicted molar refractivity (Wildman–Crippen MR) is 191 cm³/mol. The Kier molecular flexibility index (Phi) is 13.9. The molecule has 0 saturated heterocycles.